The van der Waals surface area contributed by atoms with Crippen molar-refractivity contribution in [1.29, 1.82) is 0 Å². The quantitative estimate of drug-likeness (QED) is 0.860. The minimum absolute atomic E-state index is 0.155. The monoisotopic (exact) mass is 255 g/mol. The molecule has 0 unspecified atom stereocenters. The van der Waals surface area contributed by atoms with E-state index >= 15 is 0 Å². The molecule has 0 saturated carbocycles. The molecule has 0 atom stereocenters. The number of sulfone groups is 1. The maximum atomic E-state index is 11.4. The van der Waals surface area contributed by atoms with Gasteiger partial charge in [0, 0.05) is 12.0 Å². The molecule has 1 aromatic rings. The second-order valence-electron chi connectivity index (χ2n) is 4.70. The Balaban J connectivity index is 2.37. The van der Waals surface area contributed by atoms with Gasteiger partial charge in [-0.2, -0.15) is 0 Å². The van der Waals surface area contributed by atoms with E-state index in [0.717, 1.165) is 16.9 Å². The maximum Gasteiger partial charge on any atom is 0.152 e. The van der Waals surface area contributed by atoms with Gasteiger partial charge in [0.1, 0.15) is 5.75 Å². The van der Waals surface area contributed by atoms with Crippen LogP contribution < -0.4 is 10.5 Å². The summed E-state index contributed by atoms with van der Waals surface area (Å²) in [4.78, 5) is 0. The Hall–Kier alpha value is -1.07. The first-order chi connectivity index (χ1) is 7.92. The van der Waals surface area contributed by atoms with Gasteiger partial charge in [-0.1, -0.05) is 12.1 Å². The van der Waals surface area contributed by atoms with Crippen molar-refractivity contribution in [2.75, 3.05) is 25.2 Å². The molecule has 0 spiro atoms. The van der Waals surface area contributed by atoms with Gasteiger partial charge in [-0.15, -0.1) is 0 Å². The average molecular weight is 255 g/mol. The summed E-state index contributed by atoms with van der Waals surface area (Å²) in [7, 11) is -1.27. The zero-order valence-corrected chi connectivity index (χ0v) is 10.9. The van der Waals surface area contributed by atoms with E-state index in [9.17, 15) is 8.42 Å². The first kappa shape index (κ1) is 12.4. The van der Waals surface area contributed by atoms with Crippen LogP contribution in [0.3, 0.4) is 0 Å². The van der Waals surface area contributed by atoms with Crippen molar-refractivity contribution in [3.63, 3.8) is 0 Å². The predicted molar refractivity (Wildman–Crippen MR) is 67.1 cm³/mol. The Morgan fingerprint density at radius 3 is 2.47 bits per heavy atom. The molecule has 5 heteroatoms. The Kier molecular flexibility index (Phi) is 2.91. The van der Waals surface area contributed by atoms with E-state index in [1.54, 1.807) is 7.11 Å². The maximum absolute atomic E-state index is 11.4. The largest absolute Gasteiger partial charge is 0.496 e. The van der Waals surface area contributed by atoms with E-state index in [0.29, 0.717) is 6.54 Å². The van der Waals surface area contributed by atoms with Crippen LogP contribution in [0.25, 0.3) is 0 Å². The normalized spacial score (nSPS) is 20.6. The first-order valence-electron chi connectivity index (χ1n) is 5.48. The van der Waals surface area contributed by atoms with E-state index in [4.69, 9.17) is 10.5 Å². The number of ether oxygens (including phenoxy) is 1. The standard InChI is InChI=1S/C12H17NO3S/c1-9-5-10(3-4-11(9)16-2)12(6-13)7-17(14,15)8-12/h3-5H,6-8,13H2,1-2H3. The molecular formula is C12H17NO3S. The molecule has 1 fully saturated rings. The van der Waals surface area contributed by atoms with Crippen LogP contribution in [0, 0.1) is 6.92 Å². The second-order valence-corrected chi connectivity index (χ2v) is 6.77. The number of aryl methyl sites for hydroxylation is 1. The molecule has 1 aromatic carbocycles. The van der Waals surface area contributed by atoms with Crippen LogP contribution in [-0.2, 0) is 15.3 Å². The Labute approximate surface area is 102 Å². The van der Waals surface area contributed by atoms with Crippen molar-refractivity contribution in [2.24, 2.45) is 5.73 Å². The predicted octanol–water partition coefficient (Wildman–Crippen LogP) is 0.629. The van der Waals surface area contributed by atoms with Gasteiger partial charge in [0.05, 0.1) is 18.6 Å². The van der Waals surface area contributed by atoms with Gasteiger partial charge in [0.15, 0.2) is 9.84 Å². The molecule has 0 radical (unpaired) electrons. The highest BCUT2D eigenvalue weighted by Gasteiger charge is 2.48. The van der Waals surface area contributed by atoms with Crippen LogP contribution in [-0.4, -0.2) is 33.6 Å². The molecule has 0 aliphatic carbocycles. The molecule has 1 heterocycles. The minimum Gasteiger partial charge on any atom is -0.496 e. The average Bonchev–Trinajstić information content (AvgIpc) is 2.25. The minimum atomic E-state index is -2.89. The van der Waals surface area contributed by atoms with Gasteiger partial charge in [-0.3, -0.25) is 0 Å². The zero-order valence-electron chi connectivity index (χ0n) is 10.1. The van der Waals surface area contributed by atoms with Gasteiger partial charge in [-0.25, -0.2) is 8.42 Å². The van der Waals surface area contributed by atoms with E-state index in [1.165, 1.54) is 0 Å². The second kappa shape index (κ2) is 3.99. The highest BCUT2D eigenvalue weighted by Crippen LogP contribution is 2.37. The third-order valence-corrected chi connectivity index (χ3v) is 5.38. The van der Waals surface area contributed by atoms with Crippen LogP contribution in [0.5, 0.6) is 5.75 Å². The lowest BCUT2D eigenvalue weighted by molar-refractivity contribution is 0.410. The van der Waals surface area contributed by atoms with Crippen molar-refractivity contribution < 1.29 is 13.2 Å². The summed E-state index contributed by atoms with van der Waals surface area (Å²) in [6, 6.07) is 5.75. The Morgan fingerprint density at radius 1 is 1.41 bits per heavy atom. The molecule has 1 aliphatic rings. The van der Waals surface area contributed by atoms with E-state index in [2.05, 4.69) is 0 Å². The fourth-order valence-electron chi connectivity index (χ4n) is 2.41. The van der Waals surface area contributed by atoms with Crippen LogP contribution in [0.1, 0.15) is 11.1 Å². The van der Waals surface area contributed by atoms with E-state index in [1.807, 2.05) is 25.1 Å². The summed E-state index contributed by atoms with van der Waals surface area (Å²) in [5.41, 5.74) is 7.35. The van der Waals surface area contributed by atoms with Gasteiger partial charge in [0.2, 0.25) is 0 Å². The van der Waals surface area contributed by atoms with Gasteiger partial charge >= 0.3 is 0 Å². The van der Waals surface area contributed by atoms with Gasteiger partial charge in [0.25, 0.3) is 0 Å². The van der Waals surface area contributed by atoms with E-state index in [-0.39, 0.29) is 11.5 Å². The highest BCUT2D eigenvalue weighted by molar-refractivity contribution is 7.93. The lowest BCUT2D eigenvalue weighted by Crippen LogP contribution is -2.56. The lowest BCUT2D eigenvalue weighted by Gasteiger charge is -2.40. The van der Waals surface area contributed by atoms with Gasteiger partial charge in [-0.05, 0) is 24.1 Å². The zero-order chi connectivity index (χ0) is 12.7. The highest BCUT2D eigenvalue weighted by atomic mass is 32.2. The fourth-order valence-corrected chi connectivity index (χ4v) is 4.58. The Bertz CT molecular complexity index is 525. The number of rotatable bonds is 3. The summed E-state index contributed by atoms with van der Waals surface area (Å²) < 4.78 is 27.9. The fraction of sp³-hybridized carbons (Fsp3) is 0.500. The van der Waals surface area contributed by atoms with Crippen LogP contribution in [0.2, 0.25) is 0 Å². The van der Waals surface area contributed by atoms with Crippen molar-refractivity contribution in [2.45, 2.75) is 12.3 Å². The molecule has 0 aromatic heterocycles. The van der Waals surface area contributed by atoms with Crippen molar-refractivity contribution in [1.82, 2.24) is 0 Å². The number of hydrogen-bond donors (Lipinski definition) is 1. The SMILES string of the molecule is COc1ccc(C2(CN)CS(=O)(=O)C2)cc1C. The molecule has 17 heavy (non-hydrogen) atoms. The molecule has 2 N–H and O–H groups in total. The number of nitrogens with two attached hydrogens (primary N) is 1. The van der Waals surface area contributed by atoms with Crippen molar-refractivity contribution >= 4 is 9.84 Å². The van der Waals surface area contributed by atoms with Crippen molar-refractivity contribution in [3.05, 3.63) is 29.3 Å². The van der Waals surface area contributed by atoms with Crippen molar-refractivity contribution in [3.8, 4) is 5.75 Å². The molecule has 1 aliphatic heterocycles. The Morgan fingerprint density at radius 2 is 2.06 bits per heavy atom. The molecule has 0 bridgehead atoms. The number of benzene rings is 1. The summed E-state index contributed by atoms with van der Waals surface area (Å²) in [6.07, 6.45) is 0. The smallest absolute Gasteiger partial charge is 0.152 e. The summed E-state index contributed by atoms with van der Waals surface area (Å²) in [5, 5.41) is 0. The molecule has 1 saturated heterocycles. The topological polar surface area (TPSA) is 69.4 Å². The lowest BCUT2D eigenvalue weighted by atomic mass is 9.82. The molecule has 0 amide bonds. The molecular weight excluding hydrogens is 238 g/mol. The first-order valence-corrected chi connectivity index (χ1v) is 7.30. The third kappa shape index (κ3) is 2.05. The summed E-state index contributed by atoms with van der Waals surface area (Å²) in [5.74, 6) is 1.12. The van der Waals surface area contributed by atoms with Crippen LogP contribution >= 0.6 is 0 Å². The summed E-state index contributed by atoms with van der Waals surface area (Å²) >= 11 is 0. The van der Waals surface area contributed by atoms with E-state index < -0.39 is 15.3 Å². The molecule has 4 nitrogen and oxygen atoms in total. The van der Waals surface area contributed by atoms with Crippen LogP contribution in [0.15, 0.2) is 18.2 Å². The number of methoxy groups -OCH3 is 1. The third-order valence-electron chi connectivity index (χ3n) is 3.39. The molecule has 94 valence electrons. The molecule has 2 rings (SSSR count). The summed E-state index contributed by atoms with van der Waals surface area (Å²) in [6.45, 7) is 2.30. The number of hydrogen-bond acceptors (Lipinski definition) is 4. The van der Waals surface area contributed by atoms with Crippen LogP contribution in [0.4, 0.5) is 0 Å². The van der Waals surface area contributed by atoms with Gasteiger partial charge < -0.3 is 10.5 Å².